The molecule has 130 valence electrons. The van der Waals surface area contributed by atoms with Crippen LogP contribution in [0, 0.1) is 0 Å². The molecular formula is C24H28O. The van der Waals surface area contributed by atoms with Gasteiger partial charge in [-0.25, -0.2) is 0 Å². The van der Waals surface area contributed by atoms with E-state index in [1.54, 1.807) is 0 Å². The summed E-state index contributed by atoms with van der Waals surface area (Å²) in [4.78, 5) is 0. The summed E-state index contributed by atoms with van der Waals surface area (Å²) in [5.41, 5.74) is 2.28. The van der Waals surface area contributed by atoms with Crippen LogP contribution in [0.3, 0.4) is 0 Å². The van der Waals surface area contributed by atoms with Gasteiger partial charge < -0.3 is 5.11 Å². The topological polar surface area (TPSA) is 20.2 Å². The third-order valence-corrected chi connectivity index (χ3v) is 6.01. The standard InChI is InChI=1S/C24H28O/c1-22(2,19-12-7-5-8-13-19)21-16-11-17-24(25,18-21)23(3,4)20-14-9-6-10-15-20/h5-17,25H,18H2,1-4H3. The Balaban J connectivity index is 1.95. The number of hydrogen-bond acceptors (Lipinski definition) is 1. The van der Waals surface area contributed by atoms with Gasteiger partial charge in [0.15, 0.2) is 0 Å². The van der Waals surface area contributed by atoms with Crippen molar-refractivity contribution in [1.82, 2.24) is 0 Å². The lowest BCUT2D eigenvalue weighted by Gasteiger charge is -2.45. The first-order valence-corrected chi connectivity index (χ1v) is 9.00. The number of benzene rings is 2. The van der Waals surface area contributed by atoms with Crippen LogP contribution in [0.15, 0.2) is 84.5 Å². The molecule has 0 fully saturated rings. The molecule has 0 aliphatic heterocycles. The van der Waals surface area contributed by atoms with Crippen LogP contribution in [0.4, 0.5) is 0 Å². The largest absolute Gasteiger partial charge is 0.385 e. The van der Waals surface area contributed by atoms with Crippen molar-refractivity contribution in [2.45, 2.75) is 50.5 Å². The molecule has 0 saturated carbocycles. The van der Waals surface area contributed by atoms with Crippen LogP contribution in [0.5, 0.6) is 0 Å². The van der Waals surface area contributed by atoms with Gasteiger partial charge in [-0.1, -0.05) is 112 Å². The van der Waals surface area contributed by atoms with Crippen LogP contribution in [0.2, 0.25) is 0 Å². The zero-order valence-electron chi connectivity index (χ0n) is 15.7. The molecule has 1 unspecified atom stereocenters. The van der Waals surface area contributed by atoms with Crippen molar-refractivity contribution in [3.63, 3.8) is 0 Å². The van der Waals surface area contributed by atoms with E-state index in [9.17, 15) is 5.11 Å². The summed E-state index contributed by atoms with van der Waals surface area (Å²) in [7, 11) is 0. The summed E-state index contributed by atoms with van der Waals surface area (Å²) in [6.45, 7) is 8.74. The molecule has 0 spiro atoms. The maximum atomic E-state index is 11.6. The maximum Gasteiger partial charge on any atom is 0.0958 e. The Labute approximate surface area is 151 Å². The minimum Gasteiger partial charge on any atom is -0.385 e. The highest BCUT2D eigenvalue weighted by Crippen LogP contribution is 2.46. The van der Waals surface area contributed by atoms with Gasteiger partial charge in [-0.05, 0) is 11.1 Å². The van der Waals surface area contributed by atoms with Crippen LogP contribution in [0.1, 0.15) is 45.2 Å². The van der Waals surface area contributed by atoms with Crippen molar-refractivity contribution >= 4 is 0 Å². The molecular weight excluding hydrogens is 304 g/mol. The highest BCUT2D eigenvalue weighted by atomic mass is 16.3. The van der Waals surface area contributed by atoms with E-state index in [0.29, 0.717) is 6.42 Å². The molecule has 0 heterocycles. The van der Waals surface area contributed by atoms with Gasteiger partial charge in [0.2, 0.25) is 0 Å². The fourth-order valence-corrected chi connectivity index (χ4v) is 3.74. The summed E-state index contributed by atoms with van der Waals surface area (Å²) in [5, 5.41) is 11.6. The molecule has 1 N–H and O–H groups in total. The van der Waals surface area contributed by atoms with E-state index in [2.05, 4.69) is 70.2 Å². The molecule has 1 nitrogen and oxygen atoms in total. The maximum absolute atomic E-state index is 11.6. The number of rotatable bonds is 4. The number of hydrogen-bond donors (Lipinski definition) is 1. The predicted molar refractivity (Wildman–Crippen MR) is 106 cm³/mol. The smallest absolute Gasteiger partial charge is 0.0958 e. The Bertz CT molecular complexity index is 781. The predicted octanol–water partition coefficient (Wildman–Crippen LogP) is 5.56. The Morgan fingerprint density at radius 2 is 1.32 bits per heavy atom. The Morgan fingerprint density at radius 1 is 0.800 bits per heavy atom. The third kappa shape index (κ3) is 3.09. The molecule has 1 atom stereocenters. The van der Waals surface area contributed by atoms with Crippen LogP contribution < -0.4 is 0 Å². The van der Waals surface area contributed by atoms with Crippen molar-refractivity contribution < 1.29 is 5.11 Å². The molecule has 1 aliphatic rings. The highest BCUT2D eigenvalue weighted by molar-refractivity contribution is 5.43. The molecule has 0 radical (unpaired) electrons. The normalized spacial score (nSPS) is 21.1. The van der Waals surface area contributed by atoms with Crippen LogP contribution in [-0.4, -0.2) is 10.7 Å². The lowest BCUT2D eigenvalue weighted by atomic mass is 9.62. The van der Waals surface area contributed by atoms with Gasteiger partial charge in [-0.2, -0.15) is 0 Å². The lowest BCUT2D eigenvalue weighted by Crippen LogP contribution is -2.48. The van der Waals surface area contributed by atoms with Crippen LogP contribution in [-0.2, 0) is 10.8 Å². The van der Waals surface area contributed by atoms with Gasteiger partial charge in [0.1, 0.15) is 0 Å². The zero-order valence-corrected chi connectivity index (χ0v) is 15.7. The van der Waals surface area contributed by atoms with Gasteiger partial charge >= 0.3 is 0 Å². The molecule has 25 heavy (non-hydrogen) atoms. The molecule has 2 aromatic carbocycles. The van der Waals surface area contributed by atoms with Crippen molar-refractivity contribution in [2.75, 3.05) is 0 Å². The highest BCUT2D eigenvalue weighted by Gasteiger charge is 2.45. The Morgan fingerprint density at radius 3 is 1.88 bits per heavy atom. The van der Waals surface area contributed by atoms with Crippen LogP contribution >= 0.6 is 0 Å². The minimum atomic E-state index is -0.912. The molecule has 0 bridgehead atoms. The second-order valence-electron chi connectivity index (χ2n) is 8.13. The van der Waals surface area contributed by atoms with Gasteiger partial charge in [0.05, 0.1) is 5.60 Å². The monoisotopic (exact) mass is 332 g/mol. The van der Waals surface area contributed by atoms with Gasteiger partial charge in [0, 0.05) is 17.3 Å². The average Bonchev–Trinajstić information content (AvgIpc) is 2.63. The van der Waals surface area contributed by atoms with E-state index in [0.717, 1.165) is 5.56 Å². The first-order valence-electron chi connectivity index (χ1n) is 9.00. The van der Waals surface area contributed by atoms with E-state index in [1.165, 1.54) is 11.1 Å². The Kier molecular flexibility index (Phi) is 4.47. The van der Waals surface area contributed by atoms with Crippen molar-refractivity contribution in [2.24, 2.45) is 0 Å². The fraction of sp³-hybridized carbons (Fsp3) is 0.333. The van der Waals surface area contributed by atoms with Crippen molar-refractivity contribution in [1.29, 1.82) is 0 Å². The SMILES string of the molecule is CC(C)(C1=CC=CC(O)(C(C)(C)c2ccccc2)C1)c1ccccc1. The first kappa shape index (κ1) is 17.7. The summed E-state index contributed by atoms with van der Waals surface area (Å²) in [6, 6.07) is 20.8. The van der Waals surface area contributed by atoms with E-state index in [1.807, 2.05) is 36.4 Å². The summed E-state index contributed by atoms with van der Waals surface area (Å²) >= 11 is 0. The molecule has 1 aliphatic carbocycles. The van der Waals surface area contributed by atoms with Gasteiger partial charge in [-0.15, -0.1) is 0 Å². The van der Waals surface area contributed by atoms with Crippen molar-refractivity contribution in [3.05, 3.63) is 95.6 Å². The molecule has 2 aromatic rings. The first-order chi connectivity index (χ1) is 11.8. The fourth-order valence-electron chi connectivity index (χ4n) is 3.74. The summed E-state index contributed by atoms with van der Waals surface area (Å²) in [5.74, 6) is 0. The second kappa shape index (κ2) is 6.31. The minimum absolute atomic E-state index is 0.118. The Hall–Kier alpha value is -2.12. The van der Waals surface area contributed by atoms with E-state index in [-0.39, 0.29) is 10.8 Å². The lowest BCUT2D eigenvalue weighted by molar-refractivity contribution is 0.0168. The van der Waals surface area contributed by atoms with E-state index >= 15 is 0 Å². The second-order valence-corrected chi connectivity index (χ2v) is 8.13. The van der Waals surface area contributed by atoms with E-state index < -0.39 is 5.60 Å². The molecule has 1 heteroatoms. The van der Waals surface area contributed by atoms with Crippen LogP contribution in [0.25, 0.3) is 0 Å². The molecule has 0 aromatic heterocycles. The number of allylic oxidation sites excluding steroid dienone is 2. The number of aliphatic hydroxyl groups is 1. The third-order valence-electron chi connectivity index (χ3n) is 6.01. The zero-order chi connectivity index (χ0) is 18.1. The molecule has 0 amide bonds. The van der Waals surface area contributed by atoms with Gasteiger partial charge in [0.25, 0.3) is 0 Å². The van der Waals surface area contributed by atoms with Gasteiger partial charge in [-0.3, -0.25) is 0 Å². The van der Waals surface area contributed by atoms with E-state index in [4.69, 9.17) is 0 Å². The van der Waals surface area contributed by atoms with Crippen molar-refractivity contribution in [3.8, 4) is 0 Å². The molecule has 3 rings (SSSR count). The summed E-state index contributed by atoms with van der Waals surface area (Å²) < 4.78 is 0. The quantitative estimate of drug-likeness (QED) is 0.777. The average molecular weight is 332 g/mol. The summed E-state index contributed by atoms with van der Waals surface area (Å²) in [6.07, 6.45) is 6.79. The molecule has 0 saturated heterocycles.